The maximum absolute atomic E-state index is 14.6. The van der Waals surface area contributed by atoms with E-state index in [0.717, 1.165) is 22.9 Å². The van der Waals surface area contributed by atoms with Crippen LogP contribution in [0.15, 0.2) is 59.7 Å². The lowest BCUT2D eigenvalue weighted by Crippen LogP contribution is -2.30. The molecular weight excluding hydrogens is 418 g/mol. The number of rotatable bonds is 6. The van der Waals surface area contributed by atoms with Gasteiger partial charge in [-0.25, -0.2) is 9.37 Å². The van der Waals surface area contributed by atoms with Gasteiger partial charge >= 0.3 is 0 Å². The van der Waals surface area contributed by atoms with Crippen LogP contribution in [0, 0.1) is 11.8 Å². The summed E-state index contributed by atoms with van der Waals surface area (Å²) in [6.45, 7) is -0.186. The van der Waals surface area contributed by atoms with Crippen LogP contribution in [0.3, 0.4) is 0 Å². The number of amides is 1. The fourth-order valence-corrected chi connectivity index (χ4v) is 2.98. The summed E-state index contributed by atoms with van der Waals surface area (Å²) >= 11 is 0. The molecule has 0 aliphatic heterocycles. The topological polar surface area (TPSA) is 84.2 Å². The maximum Gasteiger partial charge on any atom is 0.298 e. The maximum atomic E-state index is 14.6. The zero-order valence-electron chi connectivity index (χ0n) is 16.2. The van der Waals surface area contributed by atoms with Crippen LogP contribution in [-0.4, -0.2) is 27.2 Å². The molecule has 31 heavy (non-hydrogen) atoms. The van der Waals surface area contributed by atoms with Gasteiger partial charge in [-0.15, -0.1) is 0 Å². The van der Waals surface area contributed by atoms with E-state index in [1.807, 2.05) is 0 Å². The monoisotopic (exact) mass is 435 g/mol. The molecule has 0 aliphatic rings. The molecule has 0 bridgehead atoms. The summed E-state index contributed by atoms with van der Waals surface area (Å²) in [5, 5.41) is 11.3. The third-order valence-corrected chi connectivity index (χ3v) is 4.61. The van der Waals surface area contributed by atoms with Gasteiger partial charge in [0.25, 0.3) is 17.4 Å². The van der Waals surface area contributed by atoms with Crippen molar-refractivity contribution in [2.75, 3.05) is 6.61 Å². The Morgan fingerprint density at radius 1 is 1.19 bits per heavy atom. The Kier molecular flexibility index (Phi) is 6.21. The molecule has 1 atom stereocenters. The smallest absolute Gasteiger partial charge is 0.298 e. The number of aliphatic hydroxyl groups is 1. The van der Waals surface area contributed by atoms with Crippen molar-refractivity contribution in [3.8, 4) is 5.69 Å². The van der Waals surface area contributed by atoms with Crippen molar-refractivity contribution in [2.45, 2.75) is 18.9 Å². The molecule has 1 aromatic carbocycles. The number of nitrogens with one attached hydrogen (secondary N) is 1. The zero-order valence-corrected chi connectivity index (χ0v) is 16.2. The van der Waals surface area contributed by atoms with E-state index in [-0.39, 0.29) is 16.8 Å². The Bertz CT molecular complexity index is 1180. The molecule has 0 spiro atoms. The summed E-state index contributed by atoms with van der Waals surface area (Å²) in [5.41, 5.74) is -2.03. The summed E-state index contributed by atoms with van der Waals surface area (Å²) in [6.07, 6.45) is 2.29. The highest BCUT2D eigenvalue weighted by Gasteiger charge is 2.35. The molecule has 3 aromatic rings. The van der Waals surface area contributed by atoms with Crippen LogP contribution in [0.4, 0.5) is 17.6 Å². The Balaban J connectivity index is 1.89. The third-order valence-electron chi connectivity index (χ3n) is 4.61. The first-order chi connectivity index (χ1) is 14.7. The number of benzene rings is 1. The number of alkyl halides is 2. The minimum absolute atomic E-state index is 0.0491. The standard InChI is InChI=1S/C21H17F4N3O3/c1-12(14-4-2-5-15(18(14)22)21(24,25)11-29)27-20(31)13-7-8-17(30)28(10-13)16-6-3-9-26-19(16)23/h2-10,12,29H,11H2,1H3,(H,27,31)/t12-/m1/s1. The van der Waals surface area contributed by atoms with Gasteiger partial charge in [-0.05, 0) is 31.2 Å². The highest BCUT2D eigenvalue weighted by molar-refractivity contribution is 5.94. The molecule has 1 amide bonds. The largest absolute Gasteiger partial charge is 0.390 e. The molecule has 2 aromatic heterocycles. The van der Waals surface area contributed by atoms with Gasteiger partial charge in [0.1, 0.15) is 18.1 Å². The normalized spacial score (nSPS) is 12.5. The SMILES string of the molecule is C[C@@H](NC(=O)c1ccc(=O)n(-c2cccnc2F)c1)c1cccc(C(F)(F)CO)c1F. The van der Waals surface area contributed by atoms with Crippen molar-refractivity contribution in [1.82, 2.24) is 14.9 Å². The lowest BCUT2D eigenvalue weighted by molar-refractivity contribution is -0.0584. The Morgan fingerprint density at radius 2 is 1.94 bits per heavy atom. The number of halogens is 4. The van der Waals surface area contributed by atoms with Crippen LogP contribution in [-0.2, 0) is 5.92 Å². The second-order valence-corrected chi connectivity index (χ2v) is 6.71. The Labute approximate surface area is 173 Å². The fourth-order valence-electron chi connectivity index (χ4n) is 2.98. The van der Waals surface area contributed by atoms with Crippen LogP contribution in [0.5, 0.6) is 0 Å². The molecule has 3 rings (SSSR count). The van der Waals surface area contributed by atoms with Gasteiger partial charge in [0, 0.05) is 24.0 Å². The van der Waals surface area contributed by atoms with Crippen molar-refractivity contribution < 1.29 is 27.5 Å². The number of hydrogen-bond acceptors (Lipinski definition) is 4. The van der Waals surface area contributed by atoms with Crippen molar-refractivity contribution in [3.05, 3.63) is 93.7 Å². The number of nitrogens with zero attached hydrogens (tertiary/aromatic N) is 2. The lowest BCUT2D eigenvalue weighted by atomic mass is 10.00. The van der Waals surface area contributed by atoms with E-state index >= 15 is 0 Å². The van der Waals surface area contributed by atoms with Crippen molar-refractivity contribution in [2.24, 2.45) is 0 Å². The Hall–Kier alpha value is -3.53. The van der Waals surface area contributed by atoms with Gasteiger partial charge in [-0.3, -0.25) is 14.2 Å². The van der Waals surface area contributed by atoms with E-state index in [1.165, 1.54) is 43.5 Å². The highest BCUT2D eigenvalue weighted by atomic mass is 19.3. The van der Waals surface area contributed by atoms with Crippen LogP contribution in [0.25, 0.3) is 5.69 Å². The quantitative estimate of drug-likeness (QED) is 0.461. The molecule has 0 aliphatic carbocycles. The van der Waals surface area contributed by atoms with Crippen molar-refractivity contribution >= 4 is 5.91 Å². The number of carbonyl (C=O) groups excluding carboxylic acids is 1. The van der Waals surface area contributed by atoms with Gasteiger partial charge in [0.05, 0.1) is 17.2 Å². The van der Waals surface area contributed by atoms with Crippen LogP contribution < -0.4 is 10.9 Å². The molecule has 162 valence electrons. The number of carbonyl (C=O) groups is 1. The Morgan fingerprint density at radius 3 is 2.61 bits per heavy atom. The number of aliphatic hydroxyl groups excluding tert-OH is 1. The van der Waals surface area contributed by atoms with Gasteiger partial charge in [0.15, 0.2) is 0 Å². The molecule has 0 saturated heterocycles. The third kappa shape index (κ3) is 4.48. The van der Waals surface area contributed by atoms with Gasteiger partial charge < -0.3 is 10.4 Å². The van der Waals surface area contributed by atoms with Crippen LogP contribution >= 0.6 is 0 Å². The van der Waals surface area contributed by atoms with Crippen molar-refractivity contribution in [1.29, 1.82) is 0 Å². The number of hydrogen-bond donors (Lipinski definition) is 2. The molecular formula is C21H17F4N3O3. The van der Waals surface area contributed by atoms with Crippen LogP contribution in [0.2, 0.25) is 0 Å². The van der Waals surface area contributed by atoms with E-state index in [2.05, 4.69) is 10.3 Å². The van der Waals surface area contributed by atoms with Gasteiger partial charge in [-0.1, -0.05) is 12.1 Å². The van der Waals surface area contributed by atoms with Gasteiger partial charge in [0.2, 0.25) is 5.95 Å². The number of aromatic nitrogens is 2. The number of pyridine rings is 2. The van der Waals surface area contributed by atoms with E-state index < -0.39 is 47.4 Å². The molecule has 10 heteroatoms. The summed E-state index contributed by atoms with van der Waals surface area (Å²) in [6, 6.07) is 7.19. The van der Waals surface area contributed by atoms with E-state index in [1.54, 1.807) is 0 Å². The minimum Gasteiger partial charge on any atom is -0.390 e. The predicted octanol–water partition coefficient (Wildman–Crippen LogP) is 3.09. The zero-order chi connectivity index (χ0) is 22.8. The van der Waals surface area contributed by atoms with E-state index in [4.69, 9.17) is 5.11 Å². The van der Waals surface area contributed by atoms with Crippen LogP contribution in [0.1, 0.15) is 34.5 Å². The molecule has 2 heterocycles. The van der Waals surface area contributed by atoms with E-state index in [0.29, 0.717) is 0 Å². The summed E-state index contributed by atoms with van der Waals surface area (Å²) in [5.74, 6) is -6.70. The first-order valence-electron chi connectivity index (χ1n) is 9.07. The van der Waals surface area contributed by atoms with Crippen molar-refractivity contribution in [3.63, 3.8) is 0 Å². The van der Waals surface area contributed by atoms with E-state index in [9.17, 15) is 27.2 Å². The highest BCUT2D eigenvalue weighted by Crippen LogP contribution is 2.32. The predicted molar refractivity (Wildman–Crippen MR) is 103 cm³/mol. The molecule has 6 nitrogen and oxygen atoms in total. The van der Waals surface area contributed by atoms with Gasteiger partial charge in [-0.2, -0.15) is 13.2 Å². The lowest BCUT2D eigenvalue weighted by Gasteiger charge is -2.20. The molecule has 2 N–H and O–H groups in total. The molecule has 0 unspecified atom stereocenters. The summed E-state index contributed by atoms with van der Waals surface area (Å²) in [4.78, 5) is 28.2. The summed E-state index contributed by atoms with van der Waals surface area (Å²) in [7, 11) is 0. The fraction of sp³-hybridized carbons (Fsp3) is 0.190. The average molecular weight is 435 g/mol. The molecule has 0 saturated carbocycles. The second kappa shape index (κ2) is 8.68. The average Bonchev–Trinajstić information content (AvgIpc) is 2.74. The first kappa shape index (κ1) is 22.2. The minimum atomic E-state index is -3.78. The summed E-state index contributed by atoms with van der Waals surface area (Å²) < 4.78 is 56.9. The first-order valence-corrected chi connectivity index (χ1v) is 9.07. The second-order valence-electron chi connectivity index (χ2n) is 6.71. The molecule has 0 radical (unpaired) electrons. The molecule has 0 fully saturated rings.